The van der Waals surface area contributed by atoms with E-state index in [0.29, 0.717) is 6.04 Å². The summed E-state index contributed by atoms with van der Waals surface area (Å²) in [4.78, 5) is 10.6. The van der Waals surface area contributed by atoms with Crippen LogP contribution >= 0.6 is 0 Å². The molecule has 0 rings (SSSR count). The van der Waals surface area contributed by atoms with Crippen molar-refractivity contribution >= 4 is 5.97 Å². The van der Waals surface area contributed by atoms with Crippen LogP contribution in [0, 0.1) is 5.92 Å². The van der Waals surface area contributed by atoms with Crippen LogP contribution in [0.4, 0.5) is 0 Å². The van der Waals surface area contributed by atoms with Gasteiger partial charge in [0.2, 0.25) is 0 Å². The molecule has 0 saturated carbocycles. The van der Waals surface area contributed by atoms with Gasteiger partial charge in [0.05, 0.1) is 5.92 Å². The van der Waals surface area contributed by atoms with Gasteiger partial charge in [0.25, 0.3) is 0 Å². The highest BCUT2D eigenvalue weighted by atomic mass is 16.4. The first-order chi connectivity index (χ1) is 7.57. The highest BCUT2D eigenvalue weighted by Crippen LogP contribution is 2.09. The van der Waals surface area contributed by atoms with Gasteiger partial charge in [-0.3, -0.25) is 4.79 Å². The molecule has 3 nitrogen and oxygen atoms in total. The Balaban J connectivity index is 3.39. The number of unbranched alkanes of at least 4 members (excludes halogenated alkanes) is 1. The number of hydrogen-bond acceptors (Lipinski definition) is 2. The smallest absolute Gasteiger partial charge is 0.306 e. The Bertz CT molecular complexity index is 204. The number of hydrogen-bond donors (Lipinski definition) is 2. The molecule has 0 aromatic rings. The van der Waals surface area contributed by atoms with Gasteiger partial charge in [0.1, 0.15) is 0 Å². The van der Waals surface area contributed by atoms with Crippen LogP contribution in [0.25, 0.3) is 0 Å². The first-order valence-corrected chi connectivity index (χ1v) is 6.15. The Kier molecular flexibility index (Phi) is 8.91. The average molecular weight is 227 g/mol. The molecule has 0 aromatic carbocycles. The molecule has 3 heteroatoms. The summed E-state index contributed by atoms with van der Waals surface area (Å²) < 4.78 is 0. The van der Waals surface area contributed by atoms with Gasteiger partial charge in [-0.25, -0.2) is 0 Å². The monoisotopic (exact) mass is 227 g/mol. The summed E-state index contributed by atoms with van der Waals surface area (Å²) in [5, 5.41) is 12.1. The van der Waals surface area contributed by atoms with Gasteiger partial charge in [-0.2, -0.15) is 0 Å². The fraction of sp³-hybridized carbons (Fsp3) is 0.769. The highest BCUT2D eigenvalue weighted by Gasteiger charge is 2.10. The second-order valence-corrected chi connectivity index (χ2v) is 4.46. The van der Waals surface area contributed by atoms with Crippen molar-refractivity contribution in [1.29, 1.82) is 0 Å². The van der Waals surface area contributed by atoms with Crippen LogP contribution in [0.3, 0.4) is 0 Å². The number of rotatable bonds is 10. The third kappa shape index (κ3) is 8.48. The quantitative estimate of drug-likeness (QED) is 0.445. The van der Waals surface area contributed by atoms with Crippen molar-refractivity contribution in [3.63, 3.8) is 0 Å². The summed E-state index contributed by atoms with van der Waals surface area (Å²) in [6, 6.07) is 0.478. The summed E-state index contributed by atoms with van der Waals surface area (Å²) in [6.45, 7) is 8.62. The van der Waals surface area contributed by atoms with Crippen molar-refractivity contribution in [3.05, 3.63) is 12.7 Å². The van der Waals surface area contributed by atoms with Crippen molar-refractivity contribution in [2.24, 2.45) is 5.92 Å². The molecular formula is C13H25NO2. The minimum absolute atomic E-state index is 0.215. The number of nitrogens with one attached hydrogen (secondary N) is 1. The number of aliphatic carboxylic acids is 1. The first kappa shape index (κ1) is 15.2. The lowest BCUT2D eigenvalue weighted by molar-refractivity contribution is -0.141. The van der Waals surface area contributed by atoms with E-state index in [9.17, 15) is 4.79 Å². The lowest BCUT2D eigenvalue weighted by atomic mass is 10.0. The predicted molar refractivity (Wildman–Crippen MR) is 67.5 cm³/mol. The molecule has 16 heavy (non-hydrogen) atoms. The molecule has 0 spiro atoms. The summed E-state index contributed by atoms with van der Waals surface area (Å²) in [6.07, 6.45) is 6.90. The van der Waals surface area contributed by atoms with E-state index in [-0.39, 0.29) is 5.92 Å². The van der Waals surface area contributed by atoms with Gasteiger partial charge >= 0.3 is 5.97 Å². The third-order valence-corrected chi connectivity index (χ3v) is 2.77. The van der Waals surface area contributed by atoms with Crippen LogP contribution in [-0.4, -0.2) is 23.7 Å². The molecule has 0 radical (unpaired) electrons. The van der Waals surface area contributed by atoms with E-state index in [1.165, 1.54) is 0 Å². The Morgan fingerprint density at radius 2 is 2.06 bits per heavy atom. The Labute approximate surface area is 98.9 Å². The largest absolute Gasteiger partial charge is 0.481 e. The van der Waals surface area contributed by atoms with Crippen molar-refractivity contribution < 1.29 is 9.90 Å². The van der Waals surface area contributed by atoms with E-state index in [4.69, 9.17) is 5.11 Å². The summed E-state index contributed by atoms with van der Waals surface area (Å²) in [5.41, 5.74) is 0. The Morgan fingerprint density at radius 1 is 1.38 bits per heavy atom. The molecule has 0 amide bonds. The van der Waals surface area contributed by atoms with Crippen molar-refractivity contribution in [3.8, 4) is 0 Å². The fourth-order valence-corrected chi connectivity index (χ4v) is 1.55. The lowest BCUT2D eigenvalue weighted by Gasteiger charge is -2.14. The summed E-state index contributed by atoms with van der Waals surface area (Å²) in [5.74, 6) is -0.903. The molecule has 2 N–H and O–H groups in total. The Morgan fingerprint density at radius 3 is 2.62 bits per heavy atom. The molecule has 0 heterocycles. The topological polar surface area (TPSA) is 49.3 Å². The summed E-state index contributed by atoms with van der Waals surface area (Å²) >= 11 is 0. The molecule has 0 aliphatic heterocycles. The van der Waals surface area contributed by atoms with E-state index in [1.807, 2.05) is 6.08 Å². The fourth-order valence-electron chi connectivity index (χ4n) is 1.55. The van der Waals surface area contributed by atoms with Crippen LogP contribution in [0.5, 0.6) is 0 Å². The predicted octanol–water partition coefficient (Wildman–Crippen LogP) is 2.82. The molecule has 0 bridgehead atoms. The van der Waals surface area contributed by atoms with E-state index < -0.39 is 5.97 Å². The highest BCUT2D eigenvalue weighted by molar-refractivity contribution is 5.69. The summed E-state index contributed by atoms with van der Waals surface area (Å²) in [7, 11) is 0. The van der Waals surface area contributed by atoms with Crippen LogP contribution < -0.4 is 5.32 Å². The molecule has 2 atom stereocenters. The second-order valence-electron chi connectivity index (χ2n) is 4.46. The van der Waals surface area contributed by atoms with E-state index in [0.717, 1.165) is 38.6 Å². The van der Waals surface area contributed by atoms with E-state index in [2.05, 4.69) is 18.8 Å². The molecule has 0 aromatic heterocycles. The van der Waals surface area contributed by atoms with Crippen LogP contribution in [-0.2, 0) is 4.79 Å². The molecule has 2 unspecified atom stereocenters. The minimum atomic E-state index is -0.688. The Hall–Kier alpha value is -0.830. The maximum atomic E-state index is 10.6. The zero-order chi connectivity index (χ0) is 12.4. The van der Waals surface area contributed by atoms with Gasteiger partial charge in [-0.15, -0.1) is 6.58 Å². The van der Waals surface area contributed by atoms with Crippen molar-refractivity contribution in [1.82, 2.24) is 5.32 Å². The molecular weight excluding hydrogens is 202 g/mol. The number of carboxylic acid groups (broad SMARTS) is 1. The van der Waals surface area contributed by atoms with Crippen LogP contribution in [0.15, 0.2) is 12.7 Å². The molecule has 94 valence electrons. The SMILES string of the molecule is C=CCCCNC(C)CCCC(C)C(=O)O. The second kappa shape index (κ2) is 9.40. The maximum Gasteiger partial charge on any atom is 0.306 e. The number of carbonyl (C=O) groups is 1. The van der Waals surface area contributed by atoms with Crippen LogP contribution in [0.1, 0.15) is 46.0 Å². The first-order valence-electron chi connectivity index (χ1n) is 6.15. The van der Waals surface area contributed by atoms with Crippen molar-refractivity contribution in [2.45, 2.75) is 52.0 Å². The normalized spacial score (nSPS) is 14.4. The zero-order valence-electron chi connectivity index (χ0n) is 10.5. The van der Waals surface area contributed by atoms with Gasteiger partial charge in [0.15, 0.2) is 0 Å². The van der Waals surface area contributed by atoms with Gasteiger partial charge in [-0.05, 0) is 39.2 Å². The van der Waals surface area contributed by atoms with Gasteiger partial charge in [-0.1, -0.05) is 19.4 Å². The van der Waals surface area contributed by atoms with Crippen LogP contribution in [0.2, 0.25) is 0 Å². The molecule has 0 fully saturated rings. The third-order valence-electron chi connectivity index (χ3n) is 2.77. The zero-order valence-corrected chi connectivity index (χ0v) is 10.5. The van der Waals surface area contributed by atoms with E-state index in [1.54, 1.807) is 6.92 Å². The molecule has 0 aliphatic carbocycles. The minimum Gasteiger partial charge on any atom is -0.481 e. The standard InChI is InChI=1S/C13H25NO2/c1-4-5-6-10-14-12(3)9-7-8-11(2)13(15)16/h4,11-12,14H,1,5-10H2,2-3H3,(H,15,16). The van der Waals surface area contributed by atoms with Gasteiger partial charge < -0.3 is 10.4 Å². The number of carboxylic acids is 1. The lowest BCUT2D eigenvalue weighted by Crippen LogP contribution is -2.27. The number of allylic oxidation sites excluding steroid dienone is 1. The van der Waals surface area contributed by atoms with Crippen molar-refractivity contribution in [2.75, 3.05) is 6.54 Å². The van der Waals surface area contributed by atoms with E-state index >= 15 is 0 Å². The molecule has 0 aliphatic rings. The molecule has 0 saturated heterocycles. The average Bonchev–Trinajstić information content (AvgIpc) is 2.24. The van der Waals surface area contributed by atoms with Gasteiger partial charge in [0, 0.05) is 6.04 Å². The maximum absolute atomic E-state index is 10.6.